The van der Waals surface area contributed by atoms with Crippen LogP contribution in [0.3, 0.4) is 0 Å². The minimum atomic E-state index is -4.06. The number of halogens is 3. The molecular weight excluding hydrogens is 340 g/mol. The highest BCUT2D eigenvalue weighted by Crippen LogP contribution is 2.42. The number of hydrogen-bond acceptors (Lipinski definition) is 3. The summed E-state index contributed by atoms with van der Waals surface area (Å²) >= 11 is 6.06. The van der Waals surface area contributed by atoms with Gasteiger partial charge in [0.1, 0.15) is 0 Å². The first-order chi connectivity index (χ1) is 11.3. The maximum atomic E-state index is 14.0. The molecule has 24 heavy (non-hydrogen) atoms. The van der Waals surface area contributed by atoms with Crippen molar-refractivity contribution in [1.82, 2.24) is 0 Å². The van der Waals surface area contributed by atoms with E-state index in [0.717, 1.165) is 4.90 Å². The highest BCUT2D eigenvalue weighted by atomic mass is 35.5. The van der Waals surface area contributed by atoms with E-state index in [1.807, 2.05) is 0 Å². The van der Waals surface area contributed by atoms with Crippen molar-refractivity contribution in [3.63, 3.8) is 0 Å². The first kappa shape index (κ1) is 16.4. The van der Waals surface area contributed by atoms with Crippen molar-refractivity contribution >= 4 is 29.0 Å². The van der Waals surface area contributed by atoms with Gasteiger partial charge in [0.15, 0.2) is 11.5 Å². The molecule has 4 nitrogen and oxygen atoms in total. The SMILES string of the molecule is CC(=O)c1cccc2c1OC(F)(F)C(=O)N2Cc1ccccc1Cl. The van der Waals surface area contributed by atoms with Crippen molar-refractivity contribution in [3.05, 3.63) is 58.6 Å². The molecule has 0 radical (unpaired) electrons. The van der Waals surface area contributed by atoms with Crippen LogP contribution >= 0.6 is 11.6 Å². The molecule has 0 bridgehead atoms. The third kappa shape index (κ3) is 2.73. The lowest BCUT2D eigenvalue weighted by molar-refractivity contribution is -0.193. The average Bonchev–Trinajstić information content (AvgIpc) is 2.52. The third-order valence-corrected chi connectivity index (χ3v) is 4.04. The van der Waals surface area contributed by atoms with Crippen LogP contribution in [0.4, 0.5) is 14.5 Å². The summed E-state index contributed by atoms with van der Waals surface area (Å²) in [5.74, 6) is -2.24. The molecule has 1 aliphatic heterocycles. The Labute approximate surface area is 141 Å². The number of carbonyl (C=O) groups excluding carboxylic acids is 2. The van der Waals surface area contributed by atoms with E-state index < -0.39 is 17.8 Å². The summed E-state index contributed by atoms with van der Waals surface area (Å²) in [5.41, 5.74) is 0.603. The smallest absolute Gasteiger partial charge is 0.422 e. The second-order valence-corrected chi connectivity index (χ2v) is 5.72. The zero-order chi connectivity index (χ0) is 17.5. The molecule has 0 spiro atoms. The number of ether oxygens (including phenoxy) is 1. The molecule has 2 aromatic rings. The summed E-state index contributed by atoms with van der Waals surface area (Å²) in [5, 5.41) is 0.351. The standard InChI is InChI=1S/C17H12ClF2NO3/c1-10(22)12-6-4-8-14-15(12)24-17(19,20)16(23)21(14)9-11-5-2-3-7-13(11)18/h2-8H,9H2,1H3. The highest BCUT2D eigenvalue weighted by Gasteiger charge is 2.51. The van der Waals surface area contributed by atoms with Crippen LogP contribution in [0.1, 0.15) is 22.8 Å². The number of rotatable bonds is 3. The van der Waals surface area contributed by atoms with E-state index in [4.69, 9.17) is 11.6 Å². The minimum Gasteiger partial charge on any atom is -0.422 e. The number of hydrogen-bond donors (Lipinski definition) is 0. The molecule has 1 aliphatic rings. The van der Waals surface area contributed by atoms with Gasteiger partial charge in [0, 0.05) is 5.02 Å². The van der Waals surface area contributed by atoms with E-state index in [2.05, 4.69) is 4.74 Å². The zero-order valence-electron chi connectivity index (χ0n) is 12.6. The fourth-order valence-corrected chi connectivity index (χ4v) is 2.71. The summed E-state index contributed by atoms with van der Waals surface area (Å²) in [6.07, 6.45) is -4.06. The Kier molecular flexibility index (Phi) is 4.01. The molecule has 0 saturated heterocycles. The molecule has 7 heteroatoms. The Hall–Kier alpha value is -2.47. The summed E-state index contributed by atoms with van der Waals surface area (Å²) in [4.78, 5) is 24.7. The zero-order valence-corrected chi connectivity index (χ0v) is 13.3. The normalized spacial score (nSPS) is 15.7. The van der Waals surface area contributed by atoms with E-state index in [1.54, 1.807) is 24.3 Å². The van der Waals surface area contributed by atoms with Crippen molar-refractivity contribution in [3.8, 4) is 5.75 Å². The van der Waals surface area contributed by atoms with Crippen LogP contribution in [0.5, 0.6) is 5.75 Å². The number of amides is 1. The maximum Gasteiger partial charge on any atom is 0.483 e. The second-order valence-electron chi connectivity index (χ2n) is 5.31. The first-order valence-electron chi connectivity index (χ1n) is 7.07. The lowest BCUT2D eigenvalue weighted by atomic mass is 10.1. The molecule has 0 fully saturated rings. The van der Waals surface area contributed by atoms with Gasteiger partial charge in [-0.3, -0.25) is 14.5 Å². The van der Waals surface area contributed by atoms with E-state index >= 15 is 0 Å². The summed E-state index contributed by atoms with van der Waals surface area (Å²) < 4.78 is 32.6. The van der Waals surface area contributed by atoms with Gasteiger partial charge in [-0.2, -0.15) is 8.78 Å². The number of fused-ring (bicyclic) bond motifs is 1. The predicted octanol–water partition coefficient (Wildman–Crippen LogP) is 4.06. The van der Waals surface area contributed by atoms with Gasteiger partial charge in [0.25, 0.3) is 0 Å². The molecule has 3 rings (SSSR count). The highest BCUT2D eigenvalue weighted by molar-refractivity contribution is 6.31. The molecule has 0 aliphatic carbocycles. The fourth-order valence-electron chi connectivity index (χ4n) is 2.51. The van der Waals surface area contributed by atoms with Crippen molar-refractivity contribution in [2.75, 3.05) is 4.90 Å². The minimum absolute atomic E-state index is 0.0103. The summed E-state index contributed by atoms with van der Waals surface area (Å²) in [7, 11) is 0. The van der Waals surface area contributed by atoms with Gasteiger partial charge in [-0.05, 0) is 30.7 Å². The van der Waals surface area contributed by atoms with Crippen molar-refractivity contribution in [1.29, 1.82) is 0 Å². The first-order valence-corrected chi connectivity index (χ1v) is 7.45. The van der Waals surface area contributed by atoms with Gasteiger partial charge in [0.05, 0.1) is 17.8 Å². The average molecular weight is 352 g/mol. The molecule has 0 unspecified atom stereocenters. The summed E-state index contributed by atoms with van der Waals surface area (Å²) in [6.45, 7) is 1.08. The van der Waals surface area contributed by atoms with Crippen LogP contribution in [0.25, 0.3) is 0 Å². The molecule has 0 N–H and O–H groups in total. The number of ketones is 1. The van der Waals surface area contributed by atoms with Crippen molar-refractivity contribution in [2.45, 2.75) is 19.6 Å². The lowest BCUT2D eigenvalue weighted by Crippen LogP contribution is -2.50. The monoisotopic (exact) mass is 351 g/mol. The molecule has 1 amide bonds. The van der Waals surface area contributed by atoms with Gasteiger partial charge in [-0.25, -0.2) is 0 Å². The van der Waals surface area contributed by atoms with Crippen LogP contribution in [0.15, 0.2) is 42.5 Å². The van der Waals surface area contributed by atoms with Crippen LogP contribution < -0.4 is 9.64 Å². The fraction of sp³-hybridized carbons (Fsp3) is 0.176. The van der Waals surface area contributed by atoms with Gasteiger partial charge in [-0.15, -0.1) is 0 Å². The Morgan fingerprint density at radius 2 is 1.92 bits per heavy atom. The van der Waals surface area contributed by atoms with Crippen molar-refractivity contribution < 1.29 is 23.1 Å². The second kappa shape index (κ2) is 5.87. The Balaban J connectivity index is 2.13. The number of Topliss-reactive ketones (excluding diaryl/α,β-unsaturated/α-hetero) is 1. The molecule has 0 atom stereocenters. The predicted molar refractivity (Wildman–Crippen MR) is 84.7 cm³/mol. The number of alkyl halides is 2. The van der Waals surface area contributed by atoms with E-state index in [-0.39, 0.29) is 23.5 Å². The Morgan fingerprint density at radius 3 is 2.58 bits per heavy atom. The van der Waals surface area contributed by atoms with Gasteiger partial charge in [-0.1, -0.05) is 35.9 Å². The number of anilines is 1. The topological polar surface area (TPSA) is 46.6 Å². The number of benzene rings is 2. The van der Waals surface area contributed by atoms with Crippen LogP contribution in [0.2, 0.25) is 5.02 Å². The van der Waals surface area contributed by atoms with E-state index in [1.165, 1.54) is 25.1 Å². The Bertz CT molecular complexity index is 838. The number of carbonyl (C=O) groups is 2. The maximum absolute atomic E-state index is 14.0. The molecular formula is C17H12ClF2NO3. The quantitative estimate of drug-likeness (QED) is 0.783. The molecule has 0 saturated carbocycles. The van der Waals surface area contributed by atoms with Crippen LogP contribution in [0, 0.1) is 0 Å². The molecule has 0 aromatic heterocycles. The van der Waals surface area contributed by atoms with Crippen LogP contribution in [-0.2, 0) is 11.3 Å². The van der Waals surface area contributed by atoms with Gasteiger partial charge >= 0.3 is 12.0 Å². The van der Waals surface area contributed by atoms with Gasteiger partial charge in [0.2, 0.25) is 0 Å². The van der Waals surface area contributed by atoms with Crippen molar-refractivity contribution in [2.24, 2.45) is 0 Å². The van der Waals surface area contributed by atoms with E-state index in [0.29, 0.717) is 10.6 Å². The van der Waals surface area contributed by atoms with E-state index in [9.17, 15) is 18.4 Å². The van der Waals surface area contributed by atoms with Crippen LogP contribution in [-0.4, -0.2) is 17.8 Å². The molecule has 2 aromatic carbocycles. The number of para-hydroxylation sites is 1. The lowest BCUT2D eigenvalue weighted by Gasteiger charge is -2.34. The third-order valence-electron chi connectivity index (χ3n) is 3.68. The Morgan fingerprint density at radius 1 is 1.21 bits per heavy atom. The van der Waals surface area contributed by atoms with Gasteiger partial charge < -0.3 is 4.74 Å². The summed E-state index contributed by atoms with van der Waals surface area (Å²) in [6, 6.07) is 11.0. The largest absolute Gasteiger partial charge is 0.483 e. The number of nitrogens with zero attached hydrogens (tertiary/aromatic N) is 1. The molecule has 1 heterocycles. The molecule has 124 valence electrons.